The summed E-state index contributed by atoms with van der Waals surface area (Å²) in [5.74, 6) is 0.211. The molecule has 1 heterocycles. The molecule has 0 aromatic carbocycles. The molecule has 0 fully saturated rings. The van der Waals surface area contributed by atoms with Crippen LogP contribution in [0.3, 0.4) is 0 Å². The maximum absolute atomic E-state index is 10.6. The summed E-state index contributed by atoms with van der Waals surface area (Å²) in [6, 6.07) is 2.11. The van der Waals surface area contributed by atoms with Crippen molar-refractivity contribution in [3.05, 3.63) is 21.9 Å². The van der Waals surface area contributed by atoms with Gasteiger partial charge in [-0.1, -0.05) is 6.92 Å². The number of carbonyl (C=O) groups is 1. The van der Waals surface area contributed by atoms with E-state index in [1.807, 2.05) is 0 Å². The van der Waals surface area contributed by atoms with Gasteiger partial charge in [-0.25, -0.2) is 0 Å². The van der Waals surface area contributed by atoms with Crippen molar-refractivity contribution in [2.75, 3.05) is 0 Å². The maximum Gasteiger partial charge on any atom is 0.123 e. The minimum absolute atomic E-state index is 0.211. The summed E-state index contributed by atoms with van der Waals surface area (Å²) in [4.78, 5) is 11.9. The predicted molar refractivity (Wildman–Crippen MR) is 52.6 cm³/mol. The standard InChI is InChI=1S/C10H14OS/c1-3-9(7-11)6-10-8(2)4-5-12-10/h4-5,7,9H,3,6H2,1-2H3. The molecule has 0 bridgehead atoms. The van der Waals surface area contributed by atoms with Crippen LogP contribution < -0.4 is 0 Å². The van der Waals surface area contributed by atoms with Gasteiger partial charge in [0.25, 0.3) is 0 Å². The summed E-state index contributed by atoms with van der Waals surface area (Å²) in [7, 11) is 0. The van der Waals surface area contributed by atoms with Crippen molar-refractivity contribution in [3.63, 3.8) is 0 Å². The minimum atomic E-state index is 0.211. The molecule has 0 aliphatic carbocycles. The first kappa shape index (κ1) is 9.46. The summed E-state index contributed by atoms with van der Waals surface area (Å²) >= 11 is 1.75. The highest BCUT2D eigenvalue weighted by atomic mass is 32.1. The van der Waals surface area contributed by atoms with Crippen LogP contribution in [0, 0.1) is 12.8 Å². The van der Waals surface area contributed by atoms with Crippen molar-refractivity contribution in [1.29, 1.82) is 0 Å². The third kappa shape index (κ3) is 2.18. The largest absolute Gasteiger partial charge is 0.303 e. The van der Waals surface area contributed by atoms with E-state index in [1.165, 1.54) is 10.4 Å². The van der Waals surface area contributed by atoms with Crippen molar-refractivity contribution in [2.24, 2.45) is 5.92 Å². The molecule has 0 N–H and O–H groups in total. The lowest BCUT2D eigenvalue weighted by Crippen LogP contribution is -2.03. The number of hydrogen-bond donors (Lipinski definition) is 0. The molecule has 0 aliphatic rings. The highest BCUT2D eigenvalue weighted by Gasteiger charge is 2.08. The van der Waals surface area contributed by atoms with Crippen LogP contribution in [0.25, 0.3) is 0 Å². The molecule has 66 valence electrons. The van der Waals surface area contributed by atoms with Gasteiger partial charge in [-0.05, 0) is 36.8 Å². The number of aldehydes is 1. The van der Waals surface area contributed by atoms with Gasteiger partial charge in [0.15, 0.2) is 0 Å². The molecular formula is C10H14OS. The van der Waals surface area contributed by atoms with E-state index in [0.717, 1.165) is 19.1 Å². The van der Waals surface area contributed by atoms with Gasteiger partial charge >= 0.3 is 0 Å². The lowest BCUT2D eigenvalue weighted by atomic mass is 10.0. The number of hydrogen-bond acceptors (Lipinski definition) is 2. The van der Waals surface area contributed by atoms with Crippen LogP contribution in [0.1, 0.15) is 23.8 Å². The van der Waals surface area contributed by atoms with Crippen LogP contribution >= 0.6 is 11.3 Å². The lowest BCUT2D eigenvalue weighted by Gasteiger charge is -2.05. The Balaban J connectivity index is 2.62. The van der Waals surface area contributed by atoms with Gasteiger partial charge in [-0.3, -0.25) is 0 Å². The van der Waals surface area contributed by atoms with E-state index in [0.29, 0.717) is 0 Å². The first-order chi connectivity index (χ1) is 5.77. The van der Waals surface area contributed by atoms with Crippen LogP contribution in [0.15, 0.2) is 11.4 Å². The fourth-order valence-electron chi connectivity index (χ4n) is 1.14. The monoisotopic (exact) mass is 182 g/mol. The van der Waals surface area contributed by atoms with Crippen LogP contribution in [0.5, 0.6) is 0 Å². The van der Waals surface area contributed by atoms with Crippen molar-refractivity contribution in [2.45, 2.75) is 26.7 Å². The second-order valence-electron chi connectivity index (χ2n) is 3.04. The summed E-state index contributed by atoms with van der Waals surface area (Å²) in [6.07, 6.45) is 2.93. The van der Waals surface area contributed by atoms with E-state index in [1.54, 1.807) is 11.3 Å². The Morgan fingerprint density at radius 2 is 2.42 bits per heavy atom. The van der Waals surface area contributed by atoms with E-state index in [-0.39, 0.29) is 5.92 Å². The van der Waals surface area contributed by atoms with E-state index >= 15 is 0 Å². The Labute approximate surface area is 77.4 Å². The summed E-state index contributed by atoms with van der Waals surface area (Å²) in [6.45, 7) is 4.16. The van der Waals surface area contributed by atoms with E-state index in [9.17, 15) is 4.79 Å². The molecule has 0 spiro atoms. The maximum atomic E-state index is 10.6. The molecule has 0 saturated carbocycles. The fraction of sp³-hybridized carbons (Fsp3) is 0.500. The second kappa shape index (κ2) is 4.41. The molecule has 1 aromatic heterocycles. The number of carbonyl (C=O) groups excluding carboxylic acids is 1. The Morgan fingerprint density at radius 3 is 2.83 bits per heavy atom. The van der Waals surface area contributed by atoms with Crippen LogP contribution in [-0.4, -0.2) is 6.29 Å². The molecule has 1 atom stereocenters. The van der Waals surface area contributed by atoms with Crippen molar-refractivity contribution in [3.8, 4) is 0 Å². The predicted octanol–water partition coefficient (Wildman–Crippen LogP) is 2.82. The third-order valence-corrected chi connectivity index (χ3v) is 3.18. The topological polar surface area (TPSA) is 17.1 Å². The molecule has 0 amide bonds. The van der Waals surface area contributed by atoms with Crippen LogP contribution in [-0.2, 0) is 11.2 Å². The third-order valence-electron chi connectivity index (χ3n) is 2.13. The molecule has 1 nitrogen and oxygen atoms in total. The molecule has 1 rings (SSSR count). The first-order valence-electron chi connectivity index (χ1n) is 4.26. The van der Waals surface area contributed by atoms with Crippen molar-refractivity contribution < 1.29 is 4.79 Å². The zero-order valence-corrected chi connectivity index (χ0v) is 8.36. The Hall–Kier alpha value is -0.630. The van der Waals surface area contributed by atoms with Gasteiger partial charge in [0, 0.05) is 10.8 Å². The zero-order valence-electron chi connectivity index (χ0n) is 7.54. The Kier molecular flexibility index (Phi) is 3.48. The van der Waals surface area contributed by atoms with E-state index in [2.05, 4.69) is 25.3 Å². The van der Waals surface area contributed by atoms with Gasteiger partial charge in [-0.15, -0.1) is 11.3 Å². The zero-order chi connectivity index (χ0) is 8.97. The number of aryl methyl sites for hydroxylation is 1. The van der Waals surface area contributed by atoms with Crippen molar-refractivity contribution in [1.82, 2.24) is 0 Å². The van der Waals surface area contributed by atoms with Gasteiger partial charge < -0.3 is 4.79 Å². The van der Waals surface area contributed by atoms with Crippen molar-refractivity contribution >= 4 is 17.6 Å². The molecular weight excluding hydrogens is 168 g/mol. The highest BCUT2D eigenvalue weighted by molar-refractivity contribution is 7.10. The summed E-state index contributed by atoms with van der Waals surface area (Å²) < 4.78 is 0. The Morgan fingerprint density at radius 1 is 1.67 bits per heavy atom. The average molecular weight is 182 g/mol. The van der Waals surface area contributed by atoms with Crippen LogP contribution in [0.2, 0.25) is 0 Å². The molecule has 0 saturated heterocycles. The minimum Gasteiger partial charge on any atom is -0.303 e. The number of rotatable bonds is 4. The van der Waals surface area contributed by atoms with Gasteiger partial charge in [-0.2, -0.15) is 0 Å². The van der Waals surface area contributed by atoms with Gasteiger partial charge in [0.1, 0.15) is 6.29 Å². The molecule has 12 heavy (non-hydrogen) atoms. The molecule has 1 aromatic rings. The highest BCUT2D eigenvalue weighted by Crippen LogP contribution is 2.20. The summed E-state index contributed by atoms with van der Waals surface area (Å²) in [5, 5.41) is 2.09. The normalized spacial score (nSPS) is 12.8. The molecule has 0 radical (unpaired) electrons. The van der Waals surface area contributed by atoms with Crippen LogP contribution in [0.4, 0.5) is 0 Å². The number of thiophene rings is 1. The summed E-state index contributed by atoms with van der Waals surface area (Å²) in [5.41, 5.74) is 1.32. The molecule has 0 aliphatic heterocycles. The second-order valence-corrected chi connectivity index (χ2v) is 4.04. The van der Waals surface area contributed by atoms with E-state index in [4.69, 9.17) is 0 Å². The average Bonchev–Trinajstić information content (AvgIpc) is 2.47. The SMILES string of the molecule is CCC(C=O)Cc1sccc1C. The molecule has 1 unspecified atom stereocenters. The fourth-order valence-corrected chi connectivity index (χ4v) is 2.14. The Bertz CT molecular complexity index is 252. The van der Waals surface area contributed by atoms with Gasteiger partial charge in [0.05, 0.1) is 0 Å². The quantitative estimate of drug-likeness (QED) is 0.654. The first-order valence-corrected chi connectivity index (χ1v) is 5.14. The smallest absolute Gasteiger partial charge is 0.123 e. The lowest BCUT2D eigenvalue weighted by molar-refractivity contribution is -0.111. The molecule has 2 heteroatoms. The van der Waals surface area contributed by atoms with E-state index < -0.39 is 0 Å². The van der Waals surface area contributed by atoms with Gasteiger partial charge in [0.2, 0.25) is 0 Å².